The molecule has 1 aliphatic carbocycles. The molecule has 1 N–H and O–H groups in total. The van der Waals surface area contributed by atoms with Crippen molar-refractivity contribution in [2.45, 2.75) is 44.6 Å². The van der Waals surface area contributed by atoms with Crippen molar-refractivity contribution < 1.29 is 0 Å². The van der Waals surface area contributed by atoms with Crippen molar-refractivity contribution in [2.75, 3.05) is 0 Å². The first-order chi connectivity index (χ1) is 8.84. The highest BCUT2D eigenvalue weighted by Crippen LogP contribution is 2.29. The van der Waals surface area contributed by atoms with Crippen molar-refractivity contribution in [3.8, 4) is 0 Å². The van der Waals surface area contributed by atoms with Crippen LogP contribution in [-0.2, 0) is 6.42 Å². The van der Waals surface area contributed by atoms with E-state index < -0.39 is 0 Å². The molecule has 0 saturated heterocycles. The lowest BCUT2D eigenvalue weighted by molar-refractivity contribution is 0.344. The zero-order valence-electron chi connectivity index (χ0n) is 10.3. The largest absolute Gasteiger partial charge is 0.301 e. The number of hydrogen-bond acceptors (Lipinski definition) is 3. The van der Waals surface area contributed by atoms with Crippen molar-refractivity contribution in [1.82, 2.24) is 14.8 Å². The van der Waals surface area contributed by atoms with Crippen LogP contribution in [0.15, 0.2) is 17.5 Å². The molecule has 1 fully saturated rings. The van der Waals surface area contributed by atoms with Gasteiger partial charge in [-0.3, -0.25) is 5.10 Å². The van der Waals surface area contributed by atoms with Crippen LogP contribution in [0, 0.1) is 4.77 Å². The van der Waals surface area contributed by atoms with Crippen LogP contribution in [0.4, 0.5) is 0 Å². The van der Waals surface area contributed by atoms with Crippen LogP contribution in [0.1, 0.15) is 48.8 Å². The average Bonchev–Trinajstić information content (AvgIpc) is 3.02. The Morgan fingerprint density at radius 1 is 1.39 bits per heavy atom. The topological polar surface area (TPSA) is 33.6 Å². The molecule has 5 heteroatoms. The van der Waals surface area contributed by atoms with Crippen LogP contribution in [0.5, 0.6) is 0 Å². The number of thiophene rings is 1. The maximum Gasteiger partial charge on any atom is 0.195 e. The number of rotatable bonds is 3. The van der Waals surface area contributed by atoms with E-state index in [-0.39, 0.29) is 0 Å². The highest BCUT2D eigenvalue weighted by molar-refractivity contribution is 7.71. The Morgan fingerprint density at radius 3 is 2.94 bits per heavy atom. The summed E-state index contributed by atoms with van der Waals surface area (Å²) in [7, 11) is 0. The summed E-state index contributed by atoms with van der Waals surface area (Å²) < 4.78 is 3.04. The Kier molecular flexibility index (Phi) is 3.61. The number of H-pyrrole nitrogens is 1. The average molecular weight is 279 g/mol. The predicted molar refractivity (Wildman–Crippen MR) is 76.7 cm³/mol. The minimum absolute atomic E-state index is 0.556. The lowest BCUT2D eigenvalue weighted by Crippen LogP contribution is -2.15. The van der Waals surface area contributed by atoms with Crippen molar-refractivity contribution in [3.05, 3.63) is 33.0 Å². The maximum atomic E-state index is 5.40. The van der Waals surface area contributed by atoms with Crippen LogP contribution in [0.3, 0.4) is 0 Å². The SMILES string of the molecule is S=c1[nH]nc(Cc2cccs2)n1C1CCCCC1. The fourth-order valence-corrected chi connectivity index (χ4v) is 3.75. The van der Waals surface area contributed by atoms with Gasteiger partial charge in [-0.1, -0.05) is 25.3 Å². The predicted octanol–water partition coefficient (Wildman–Crippen LogP) is 4.10. The minimum atomic E-state index is 0.556. The third-order valence-corrected chi connectivity index (χ3v) is 4.79. The van der Waals surface area contributed by atoms with Crippen LogP contribution in [0.25, 0.3) is 0 Å². The van der Waals surface area contributed by atoms with E-state index in [1.807, 2.05) is 0 Å². The number of nitrogens with one attached hydrogen (secondary N) is 1. The Morgan fingerprint density at radius 2 is 2.22 bits per heavy atom. The second kappa shape index (κ2) is 5.36. The van der Waals surface area contributed by atoms with Gasteiger partial charge in [0.1, 0.15) is 5.82 Å². The molecular weight excluding hydrogens is 262 g/mol. The summed E-state index contributed by atoms with van der Waals surface area (Å²) in [5, 5.41) is 9.50. The fraction of sp³-hybridized carbons (Fsp3) is 0.538. The second-order valence-corrected chi connectivity index (χ2v) is 6.28. The molecule has 0 aromatic carbocycles. The van der Waals surface area contributed by atoms with Gasteiger partial charge >= 0.3 is 0 Å². The van der Waals surface area contributed by atoms with Gasteiger partial charge in [-0.15, -0.1) is 11.3 Å². The molecular formula is C13H17N3S2. The van der Waals surface area contributed by atoms with Crippen molar-refractivity contribution >= 4 is 23.6 Å². The number of hydrogen-bond donors (Lipinski definition) is 1. The first-order valence-electron chi connectivity index (χ1n) is 6.53. The lowest BCUT2D eigenvalue weighted by Gasteiger charge is -2.24. The molecule has 1 aliphatic rings. The first kappa shape index (κ1) is 12.1. The molecule has 2 heterocycles. The first-order valence-corrected chi connectivity index (χ1v) is 7.81. The summed E-state index contributed by atoms with van der Waals surface area (Å²) in [5.41, 5.74) is 0. The van der Waals surface area contributed by atoms with Crippen molar-refractivity contribution in [3.63, 3.8) is 0 Å². The molecule has 96 valence electrons. The van der Waals surface area contributed by atoms with Gasteiger partial charge in [0, 0.05) is 17.3 Å². The summed E-state index contributed by atoms with van der Waals surface area (Å²) in [6, 6.07) is 4.81. The quantitative estimate of drug-likeness (QED) is 0.858. The molecule has 0 amide bonds. The smallest absolute Gasteiger partial charge is 0.195 e. The normalized spacial score (nSPS) is 17.1. The molecule has 18 heavy (non-hydrogen) atoms. The van der Waals surface area contributed by atoms with E-state index in [1.165, 1.54) is 37.0 Å². The van der Waals surface area contributed by atoms with Gasteiger partial charge in [0.05, 0.1) is 0 Å². The van der Waals surface area contributed by atoms with Crippen LogP contribution >= 0.6 is 23.6 Å². The molecule has 3 rings (SSSR count). The molecule has 0 aliphatic heterocycles. The van der Waals surface area contributed by atoms with E-state index in [0.29, 0.717) is 6.04 Å². The monoisotopic (exact) mass is 279 g/mol. The Hall–Kier alpha value is -0.940. The van der Waals surface area contributed by atoms with Gasteiger partial charge in [0.2, 0.25) is 0 Å². The number of nitrogens with zero attached hydrogens (tertiary/aromatic N) is 2. The fourth-order valence-electron chi connectivity index (χ4n) is 2.75. The van der Waals surface area contributed by atoms with Crippen LogP contribution < -0.4 is 0 Å². The summed E-state index contributed by atoms with van der Waals surface area (Å²) in [6.45, 7) is 0. The van der Waals surface area contributed by atoms with Gasteiger partial charge in [0.15, 0.2) is 4.77 Å². The van der Waals surface area contributed by atoms with Crippen molar-refractivity contribution in [1.29, 1.82) is 0 Å². The maximum absolute atomic E-state index is 5.40. The molecule has 0 spiro atoms. The van der Waals surface area contributed by atoms with E-state index in [1.54, 1.807) is 11.3 Å². The molecule has 1 saturated carbocycles. The van der Waals surface area contributed by atoms with Gasteiger partial charge in [-0.25, -0.2) is 0 Å². The highest BCUT2D eigenvalue weighted by Gasteiger charge is 2.19. The van der Waals surface area contributed by atoms with E-state index in [0.717, 1.165) is 17.0 Å². The molecule has 0 bridgehead atoms. The van der Waals surface area contributed by atoms with E-state index in [2.05, 4.69) is 32.3 Å². The summed E-state index contributed by atoms with van der Waals surface area (Å²) in [5.74, 6) is 1.09. The molecule has 0 unspecified atom stereocenters. The van der Waals surface area contributed by atoms with Crippen LogP contribution in [0.2, 0.25) is 0 Å². The molecule has 0 atom stereocenters. The van der Waals surface area contributed by atoms with Crippen molar-refractivity contribution in [2.24, 2.45) is 0 Å². The Balaban J connectivity index is 1.88. The van der Waals surface area contributed by atoms with E-state index in [9.17, 15) is 0 Å². The van der Waals surface area contributed by atoms with Crippen LogP contribution in [-0.4, -0.2) is 14.8 Å². The lowest BCUT2D eigenvalue weighted by atomic mass is 9.95. The number of aromatic amines is 1. The summed E-state index contributed by atoms with van der Waals surface area (Å²) in [6.07, 6.45) is 7.37. The summed E-state index contributed by atoms with van der Waals surface area (Å²) >= 11 is 7.18. The standard InChI is InChI=1S/C13H17N3S2/c17-13-15-14-12(9-11-7-4-8-18-11)16(13)10-5-2-1-3-6-10/h4,7-8,10H,1-3,5-6,9H2,(H,15,17). The molecule has 3 nitrogen and oxygen atoms in total. The Bertz CT molecular complexity index is 547. The van der Waals surface area contributed by atoms with Gasteiger partial charge in [-0.2, -0.15) is 5.10 Å². The van der Waals surface area contributed by atoms with Gasteiger partial charge in [0.25, 0.3) is 0 Å². The Labute approximate surface area is 116 Å². The highest BCUT2D eigenvalue weighted by atomic mass is 32.1. The van der Waals surface area contributed by atoms with Gasteiger partial charge in [-0.05, 0) is 36.5 Å². The van der Waals surface area contributed by atoms with Gasteiger partial charge < -0.3 is 4.57 Å². The molecule has 2 aromatic rings. The minimum Gasteiger partial charge on any atom is -0.301 e. The van der Waals surface area contributed by atoms with E-state index >= 15 is 0 Å². The van der Waals surface area contributed by atoms with E-state index in [4.69, 9.17) is 12.2 Å². The second-order valence-electron chi connectivity index (χ2n) is 4.86. The zero-order valence-corrected chi connectivity index (χ0v) is 11.9. The number of aromatic nitrogens is 3. The zero-order chi connectivity index (χ0) is 12.4. The molecule has 0 radical (unpaired) electrons. The third kappa shape index (κ3) is 2.42. The summed E-state index contributed by atoms with van der Waals surface area (Å²) in [4.78, 5) is 1.35. The third-order valence-electron chi connectivity index (χ3n) is 3.63. The molecule has 2 aromatic heterocycles.